The van der Waals surface area contributed by atoms with Crippen molar-refractivity contribution in [2.24, 2.45) is 12.5 Å². The van der Waals surface area contributed by atoms with Crippen LogP contribution in [0.2, 0.25) is 0 Å². The lowest BCUT2D eigenvalue weighted by Crippen LogP contribution is -2.37. The molecular weight excluding hydrogens is 210 g/mol. The molecule has 0 amide bonds. The van der Waals surface area contributed by atoms with Crippen LogP contribution >= 0.6 is 0 Å². The number of nitrogens with zero attached hydrogens (tertiary/aromatic N) is 2. The van der Waals surface area contributed by atoms with Crippen LogP contribution in [-0.2, 0) is 7.05 Å². The van der Waals surface area contributed by atoms with Crippen LogP contribution in [0.3, 0.4) is 0 Å². The molecule has 1 atom stereocenters. The van der Waals surface area contributed by atoms with Gasteiger partial charge in [0.2, 0.25) is 0 Å². The summed E-state index contributed by atoms with van der Waals surface area (Å²) in [4.78, 5) is 4.41. The average Bonchev–Trinajstić information content (AvgIpc) is 2.68. The van der Waals surface area contributed by atoms with Crippen molar-refractivity contribution in [2.45, 2.75) is 58.5 Å². The fourth-order valence-corrected chi connectivity index (χ4v) is 2.79. The van der Waals surface area contributed by atoms with Crippen molar-refractivity contribution in [3.63, 3.8) is 0 Å². The first-order valence-electron chi connectivity index (χ1n) is 6.71. The Morgan fingerprint density at radius 1 is 1.41 bits per heavy atom. The van der Waals surface area contributed by atoms with E-state index in [0.717, 1.165) is 5.82 Å². The lowest BCUT2D eigenvalue weighted by molar-refractivity contribution is 0.198. The number of nitrogens with one attached hydrogen (secondary N) is 1. The van der Waals surface area contributed by atoms with Crippen molar-refractivity contribution >= 4 is 0 Å². The van der Waals surface area contributed by atoms with Gasteiger partial charge in [-0.05, 0) is 38.0 Å². The van der Waals surface area contributed by atoms with Crippen LogP contribution in [-0.4, -0.2) is 15.6 Å². The van der Waals surface area contributed by atoms with Gasteiger partial charge in [0.15, 0.2) is 0 Å². The minimum absolute atomic E-state index is 0.348. The molecule has 1 aliphatic carbocycles. The molecule has 1 aliphatic rings. The van der Waals surface area contributed by atoms with E-state index in [4.69, 9.17) is 0 Å². The molecule has 1 unspecified atom stereocenters. The third kappa shape index (κ3) is 3.09. The van der Waals surface area contributed by atoms with Crippen LogP contribution in [0.15, 0.2) is 12.4 Å². The zero-order valence-corrected chi connectivity index (χ0v) is 11.5. The van der Waals surface area contributed by atoms with E-state index in [1.54, 1.807) is 0 Å². The number of aryl methyl sites for hydroxylation is 1. The quantitative estimate of drug-likeness (QED) is 0.872. The number of aromatic nitrogens is 2. The summed E-state index contributed by atoms with van der Waals surface area (Å²) in [6.07, 6.45) is 9.13. The highest BCUT2D eigenvalue weighted by atomic mass is 15.1. The maximum atomic E-state index is 4.41. The average molecular weight is 235 g/mol. The minimum atomic E-state index is 0.348. The first-order valence-corrected chi connectivity index (χ1v) is 6.71. The van der Waals surface area contributed by atoms with Gasteiger partial charge >= 0.3 is 0 Å². The molecule has 0 bridgehead atoms. The predicted octanol–water partition coefficient (Wildman–Crippen LogP) is 3.04. The molecule has 17 heavy (non-hydrogen) atoms. The molecule has 1 fully saturated rings. The van der Waals surface area contributed by atoms with Crippen molar-refractivity contribution < 1.29 is 0 Å². The molecule has 2 rings (SSSR count). The monoisotopic (exact) mass is 235 g/mol. The van der Waals surface area contributed by atoms with Gasteiger partial charge in [0.05, 0.1) is 6.04 Å². The summed E-state index contributed by atoms with van der Waals surface area (Å²) in [5, 5.41) is 3.72. The molecule has 0 spiro atoms. The second kappa shape index (κ2) is 4.81. The maximum Gasteiger partial charge on any atom is 0.125 e. The van der Waals surface area contributed by atoms with E-state index in [-0.39, 0.29) is 0 Å². The summed E-state index contributed by atoms with van der Waals surface area (Å²) >= 11 is 0. The number of hydrogen-bond acceptors (Lipinski definition) is 2. The van der Waals surface area contributed by atoms with Gasteiger partial charge in [0.1, 0.15) is 5.82 Å². The normalized spacial score (nSPS) is 22.6. The lowest BCUT2D eigenvalue weighted by Gasteiger charge is -2.35. The molecule has 96 valence electrons. The third-order valence-electron chi connectivity index (χ3n) is 4.07. The second-order valence-electron chi connectivity index (χ2n) is 6.22. The van der Waals surface area contributed by atoms with Crippen LogP contribution in [0, 0.1) is 5.41 Å². The van der Waals surface area contributed by atoms with Crippen LogP contribution in [0.4, 0.5) is 0 Å². The van der Waals surface area contributed by atoms with E-state index in [9.17, 15) is 0 Å². The molecule has 1 N–H and O–H groups in total. The number of imidazole rings is 1. The molecule has 0 aliphatic heterocycles. The maximum absolute atomic E-state index is 4.41. The van der Waals surface area contributed by atoms with E-state index >= 15 is 0 Å². The molecule has 1 aromatic rings. The van der Waals surface area contributed by atoms with E-state index in [2.05, 4.69) is 42.7 Å². The Bertz CT molecular complexity index is 357. The van der Waals surface area contributed by atoms with E-state index in [0.29, 0.717) is 17.5 Å². The van der Waals surface area contributed by atoms with Crippen molar-refractivity contribution in [2.75, 3.05) is 0 Å². The Balaban J connectivity index is 1.88. The first kappa shape index (κ1) is 12.6. The van der Waals surface area contributed by atoms with Crippen molar-refractivity contribution in [3.8, 4) is 0 Å². The molecule has 1 heterocycles. The van der Waals surface area contributed by atoms with Gasteiger partial charge in [-0.1, -0.05) is 13.8 Å². The predicted molar refractivity (Wildman–Crippen MR) is 70.8 cm³/mol. The smallest absolute Gasteiger partial charge is 0.125 e. The second-order valence-corrected chi connectivity index (χ2v) is 6.22. The lowest BCUT2D eigenvalue weighted by atomic mass is 9.75. The molecule has 0 radical (unpaired) electrons. The standard InChI is InChI=1S/C14H25N3/c1-11(13-15-9-10-17(13)4)16-12-5-7-14(2,3)8-6-12/h9-12,16H,5-8H2,1-4H3. The molecule has 1 aromatic heterocycles. The van der Waals surface area contributed by atoms with Gasteiger partial charge in [0.25, 0.3) is 0 Å². The van der Waals surface area contributed by atoms with Crippen LogP contribution < -0.4 is 5.32 Å². The van der Waals surface area contributed by atoms with Gasteiger partial charge in [-0.15, -0.1) is 0 Å². The van der Waals surface area contributed by atoms with Crippen LogP contribution in [0.1, 0.15) is 58.3 Å². The summed E-state index contributed by atoms with van der Waals surface area (Å²) in [5.41, 5.74) is 0.546. The summed E-state index contributed by atoms with van der Waals surface area (Å²) in [6.45, 7) is 6.97. The molecule has 1 saturated carbocycles. The Labute approximate surface area is 105 Å². The third-order valence-corrected chi connectivity index (χ3v) is 4.07. The van der Waals surface area contributed by atoms with Gasteiger partial charge in [-0.2, -0.15) is 0 Å². The Kier molecular flexibility index (Phi) is 3.57. The van der Waals surface area contributed by atoms with Gasteiger partial charge in [0, 0.05) is 25.5 Å². The molecule has 3 heteroatoms. The van der Waals surface area contributed by atoms with E-state index in [1.165, 1.54) is 25.7 Å². The van der Waals surface area contributed by atoms with E-state index < -0.39 is 0 Å². The highest BCUT2D eigenvalue weighted by Gasteiger charge is 2.27. The molecule has 3 nitrogen and oxygen atoms in total. The Morgan fingerprint density at radius 2 is 2.06 bits per heavy atom. The number of hydrogen-bond donors (Lipinski definition) is 1. The zero-order chi connectivity index (χ0) is 12.5. The number of rotatable bonds is 3. The molecular formula is C14H25N3. The van der Waals surface area contributed by atoms with Crippen LogP contribution in [0.5, 0.6) is 0 Å². The molecule has 0 aromatic carbocycles. The Hall–Kier alpha value is -0.830. The zero-order valence-electron chi connectivity index (χ0n) is 11.5. The summed E-state index contributed by atoms with van der Waals surface area (Å²) < 4.78 is 2.10. The highest BCUT2D eigenvalue weighted by molar-refractivity contribution is 4.98. The van der Waals surface area contributed by atoms with E-state index in [1.807, 2.05) is 12.4 Å². The molecule has 0 saturated heterocycles. The summed E-state index contributed by atoms with van der Waals surface area (Å²) in [6, 6.07) is 1.01. The van der Waals surface area contributed by atoms with Crippen molar-refractivity contribution in [1.82, 2.24) is 14.9 Å². The van der Waals surface area contributed by atoms with Gasteiger partial charge in [-0.25, -0.2) is 4.98 Å². The summed E-state index contributed by atoms with van der Waals surface area (Å²) in [7, 11) is 2.06. The van der Waals surface area contributed by atoms with Crippen molar-refractivity contribution in [3.05, 3.63) is 18.2 Å². The summed E-state index contributed by atoms with van der Waals surface area (Å²) in [5.74, 6) is 1.13. The van der Waals surface area contributed by atoms with Gasteiger partial charge in [-0.3, -0.25) is 0 Å². The SMILES string of the molecule is CC(NC1CCC(C)(C)CC1)c1nccn1C. The Morgan fingerprint density at radius 3 is 2.59 bits per heavy atom. The first-order chi connectivity index (χ1) is 7.98. The highest BCUT2D eigenvalue weighted by Crippen LogP contribution is 2.35. The van der Waals surface area contributed by atoms with Crippen LogP contribution in [0.25, 0.3) is 0 Å². The minimum Gasteiger partial charge on any atom is -0.337 e. The topological polar surface area (TPSA) is 29.9 Å². The fourth-order valence-electron chi connectivity index (χ4n) is 2.79. The van der Waals surface area contributed by atoms with Crippen molar-refractivity contribution in [1.29, 1.82) is 0 Å². The largest absolute Gasteiger partial charge is 0.337 e. The van der Waals surface area contributed by atoms with Gasteiger partial charge < -0.3 is 9.88 Å². The fraction of sp³-hybridized carbons (Fsp3) is 0.786.